The van der Waals surface area contributed by atoms with Crippen molar-refractivity contribution in [2.24, 2.45) is 0 Å². The summed E-state index contributed by atoms with van der Waals surface area (Å²) in [5.74, 6) is -1.77. The summed E-state index contributed by atoms with van der Waals surface area (Å²) in [5.41, 5.74) is 0.662. The molecule has 0 aromatic heterocycles. The minimum Gasteiger partial charge on any atom is -0.463 e. The van der Waals surface area contributed by atoms with Crippen LogP contribution in [0.15, 0.2) is 85.5 Å². The quantitative estimate of drug-likeness (QED) is 0.0469. The number of carbonyl (C=O) groups excluding carboxylic acids is 5. The van der Waals surface area contributed by atoms with Crippen LogP contribution in [-0.2, 0) is 33.2 Å². The highest BCUT2D eigenvalue weighted by Gasteiger charge is 2.49. The van der Waals surface area contributed by atoms with Crippen molar-refractivity contribution in [2.45, 2.75) is 50.1 Å². The molecule has 0 saturated carbocycles. The number of ether oxygens (including phenoxy) is 9. The van der Waals surface area contributed by atoms with Crippen LogP contribution in [0.3, 0.4) is 0 Å². The lowest BCUT2D eigenvalue weighted by Crippen LogP contribution is -2.34. The van der Waals surface area contributed by atoms with Crippen molar-refractivity contribution >= 4 is 30.0 Å². The summed E-state index contributed by atoms with van der Waals surface area (Å²) < 4.78 is 48.2. The van der Waals surface area contributed by atoms with Gasteiger partial charge in [-0.1, -0.05) is 6.58 Å². The molecular formula is C38H38O14. The van der Waals surface area contributed by atoms with E-state index in [1.54, 1.807) is 7.11 Å². The van der Waals surface area contributed by atoms with Crippen molar-refractivity contribution in [3.8, 4) is 17.2 Å². The Morgan fingerprint density at radius 2 is 1.06 bits per heavy atom. The molecule has 2 fully saturated rings. The maximum Gasteiger partial charge on any atom is 0.513 e. The van der Waals surface area contributed by atoms with E-state index in [9.17, 15) is 24.0 Å². The Morgan fingerprint density at radius 1 is 0.615 bits per heavy atom. The monoisotopic (exact) mass is 718 g/mol. The highest BCUT2D eigenvalue weighted by atomic mass is 16.7. The number of methoxy groups -OCH3 is 1. The molecule has 4 atom stereocenters. The van der Waals surface area contributed by atoms with Crippen LogP contribution in [0.1, 0.15) is 56.8 Å². The fourth-order valence-electron chi connectivity index (χ4n) is 5.32. The molecular weight excluding hydrogens is 680 g/mol. The van der Waals surface area contributed by atoms with Crippen molar-refractivity contribution in [2.75, 3.05) is 33.5 Å². The Bertz CT molecular complexity index is 1700. The SMILES string of the molecule is C=CC(=O)OCCCCCCOC(=O)Oc1ccc(C(=O)Oc2ccc(C(=O)Oc3ccc(C(=O)O[C@H]4COC5C4OC[C@H]5OC)cc3)cc2)cc1. The zero-order valence-electron chi connectivity index (χ0n) is 28.4. The number of hydrogen-bond acceptors (Lipinski definition) is 14. The van der Waals surface area contributed by atoms with Gasteiger partial charge in [0.15, 0.2) is 6.10 Å². The van der Waals surface area contributed by atoms with E-state index in [4.69, 9.17) is 42.6 Å². The zero-order chi connectivity index (χ0) is 36.9. The van der Waals surface area contributed by atoms with E-state index in [0.29, 0.717) is 26.1 Å². The summed E-state index contributed by atoms with van der Waals surface area (Å²) in [4.78, 5) is 61.0. The van der Waals surface area contributed by atoms with Gasteiger partial charge in [0, 0.05) is 13.2 Å². The standard InChI is InChI=1S/C38H38O14/c1-3-32(39)45-20-6-4-5-7-21-46-38(43)51-29-18-12-25(13-19-29)36(41)49-27-14-8-24(9-15-27)35(40)50-28-16-10-26(11-17-28)37(42)52-31-23-48-33-30(44-2)22-47-34(31)33/h3,8-19,30-31,33-34H,1,4-7,20-23H2,2H3/t30-,31+,33?,34?/m1/s1. The molecule has 3 aromatic carbocycles. The van der Waals surface area contributed by atoms with Crippen molar-refractivity contribution in [1.29, 1.82) is 0 Å². The molecule has 2 aliphatic rings. The summed E-state index contributed by atoms with van der Waals surface area (Å²) in [6.45, 7) is 4.39. The van der Waals surface area contributed by atoms with Gasteiger partial charge in [0.05, 0.1) is 43.1 Å². The fraction of sp³-hybridized carbons (Fsp3) is 0.342. The molecule has 0 radical (unpaired) electrons. The summed E-state index contributed by atoms with van der Waals surface area (Å²) >= 11 is 0. The van der Waals surface area contributed by atoms with Gasteiger partial charge in [0.2, 0.25) is 0 Å². The summed E-state index contributed by atoms with van der Waals surface area (Å²) in [7, 11) is 1.58. The first-order valence-corrected chi connectivity index (χ1v) is 16.6. The third kappa shape index (κ3) is 10.5. The number of fused-ring (bicyclic) bond motifs is 1. The first kappa shape index (κ1) is 37.7. The number of benzene rings is 3. The topological polar surface area (TPSA) is 168 Å². The van der Waals surface area contributed by atoms with Crippen LogP contribution in [0.25, 0.3) is 0 Å². The van der Waals surface area contributed by atoms with E-state index < -0.39 is 42.2 Å². The number of unbranched alkanes of at least 4 members (excludes halogenated alkanes) is 3. The largest absolute Gasteiger partial charge is 0.513 e. The lowest BCUT2D eigenvalue weighted by molar-refractivity contribution is -0.137. The van der Waals surface area contributed by atoms with Gasteiger partial charge >= 0.3 is 30.0 Å². The van der Waals surface area contributed by atoms with Gasteiger partial charge < -0.3 is 42.6 Å². The molecule has 2 saturated heterocycles. The van der Waals surface area contributed by atoms with Gasteiger partial charge in [-0.05, 0) is 98.5 Å². The Balaban J connectivity index is 1.00. The molecule has 52 heavy (non-hydrogen) atoms. The third-order valence-corrected chi connectivity index (χ3v) is 8.09. The smallest absolute Gasteiger partial charge is 0.463 e. The molecule has 5 rings (SSSR count). The average molecular weight is 719 g/mol. The number of hydrogen-bond donors (Lipinski definition) is 0. The second-order valence-corrected chi connectivity index (χ2v) is 11.7. The first-order chi connectivity index (χ1) is 25.2. The maximum atomic E-state index is 12.7. The van der Waals surface area contributed by atoms with Gasteiger partial charge in [-0.2, -0.15) is 0 Å². The van der Waals surface area contributed by atoms with E-state index in [1.807, 2.05) is 0 Å². The van der Waals surface area contributed by atoms with Crippen molar-refractivity contribution in [1.82, 2.24) is 0 Å². The Hall–Kier alpha value is -5.57. The van der Waals surface area contributed by atoms with Crippen LogP contribution in [-0.4, -0.2) is 88.0 Å². The van der Waals surface area contributed by atoms with Crippen LogP contribution in [0.2, 0.25) is 0 Å². The number of carbonyl (C=O) groups is 5. The normalized spacial score (nSPS) is 18.8. The highest BCUT2D eigenvalue weighted by molar-refractivity contribution is 5.93. The molecule has 14 nitrogen and oxygen atoms in total. The van der Waals surface area contributed by atoms with Crippen LogP contribution in [0.4, 0.5) is 4.79 Å². The lowest BCUT2D eigenvalue weighted by Gasteiger charge is -2.16. The second kappa shape index (κ2) is 18.6. The van der Waals surface area contributed by atoms with E-state index in [1.165, 1.54) is 72.8 Å². The van der Waals surface area contributed by atoms with Crippen LogP contribution in [0.5, 0.6) is 17.2 Å². The van der Waals surface area contributed by atoms with Gasteiger partial charge in [-0.15, -0.1) is 0 Å². The molecule has 0 amide bonds. The van der Waals surface area contributed by atoms with Crippen LogP contribution in [0, 0.1) is 0 Å². The van der Waals surface area contributed by atoms with E-state index in [-0.39, 0.29) is 59.4 Å². The van der Waals surface area contributed by atoms with Crippen LogP contribution >= 0.6 is 0 Å². The minimum absolute atomic E-state index is 0.169. The summed E-state index contributed by atoms with van der Waals surface area (Å²) in [6.07, 6.45) is 1.71. The molecule has 0 aliphatic carbocycles. The third-order valence-electron chi connectivity index (χ3n) is 8.09. The predicted molar refractivity (Wildman–Crippen MR) is 180 cm³/mol. The maximum absolute atomic E-state index is 12.7. The average Bonchev–Trinajstić information content (AvgIpc) is 3.76. The molecule has 274 valence electrons. The van der Waals surface area contributed by atoms with Gasteiger partial charge in [0.1, 0.15) is 35.6 Å². The van der Waals surface area contributed by atoms with E-state index in [2.05, 4.69) is 6.58 Å². The summed E-state index contributed by atoms with van der Waals surface area (Å²) in [5, 5.41) is 0. The fourth-order valence-corrected chi connectivity index (χ4v) is 5.32. The number of esters is 4. The van der Waals surface area contributed by atoms with Crippen molar-refractivity contribution < 1.29 is 66.6 Å². The Labute approximate surface area is 299 Å². The molecule has 2 heterocycles. The molecule has 2 aliphatic heterocycles. The predicted octanol–water partition coefficient (Wildman–Crippen LogP) is 5.27. The molecule has 0 bridgehead atoms. The Kier molecular flexibility index (Phi) is 13.5. The van der Waals surface area contributed by atoms with E-state index >= 15 is 0 Å². The molecule has 3 aromatic rings. The van der Waals surface area contributed by atoms with Crippen molar-refractivity contribution in [3.05, 3.63) is 102 Å². The van der Waals surface area contributed by atoms with Gasteiger partial charge in [-0.3, -0.25) is 0 Å². The van der Waals surface area contributed by atoms with E-state index in [0.717, 1.165) is 18.9 Å². The minimum atomic E-state index is -0.875. The van der Waals surface area contributed by atoms with Gasteiger partial charge in [-0.25, -0.2) is 24.0 Å². The first-order valence-electron chi connectivity index (χ1n) is 16.6. The van der Waals surface area contributed by atoms with Crippen molar-refractivity contribution in [3.63, 3.8) is 0 Å². The number of rotatable bonds is 16. The molecule has 2 unspecified atom stereocenters. The molecule has 14 heteroatoms. The lowest BCUT2D eigenvalue weighted by atomic mass is 10.1. The second-order valence-electron chi connectivity index (χ2n) is 11.7. The molecule has 0 N–H and O–H groups in total. The summed E-state index contributed by atoms with van der Waals surface area (Å²) in [6, 6.07) is 17.4. The Morgan fingerprint density at radius 3 is 1.56 bits per heavy atom. The highest BCUT2D eigenvalue weighted by Crippen LogP contribution is 2.31. The van der Waals surface area contributed by atoms with Gasteiger partial charge in [0.25, 0.3) is 0 Å². The zero-order valence-corrected chi connectivity index (χ0v) is 28.4. The van der Waals surface area contributed by atoms with Crippen LogP contribution < -0.4 is 14.2 Å². The molecule has 0 spiro atoms.